The standard InChI is InChI=1S/C18H29O4PS.C17H26O2S.C17H24O2.C16H23O4PS.C15H23O4PS.C15H20O2S.C15H18O2.2H2S/c1-10-11(2)13(4)15(22-23(9,20)21)14(12(10)3)17(5,6)18(7,8)16(19)24;1-9-10(2)12(4)14(18)13(11(9)3)16(5,6)17(7,8)15(19)20;1-9-10(2)12(4)14-13(11(9)3)16(5,6)17(7,8)15(18)19-14;1-8-9(2)12(5)15(20-21(7,18)19)14(10(8)3)11(4)13(6)16(17)22;1-8-9(2)11(4)13(12(10(8)3)14(16)21)15(5,6)19-20(7,17)18;1-7-8(2)11(5)14(16)13(9(7)3)10(4)12(6)15(17)18;1-7-8(2)11(5)14-13(9(7)3)10(4)12(6)15(16)17-14;;/h1-9H3,(H,19,24)(H,20,21);18H,1-8H3,(H,19,20);1-8H3;1-7H3,(H,17,22)(H,18,19);1-7H3,(H,16,21)(H,17,18);16H,1-6H3,(H,17,18);1-6H3;2*1H2/p-2/b;;;13-11+;;12-10-;;;. The summed E-state index contributed by atoms with van der Waals surface area (Å²) >= 11 is 19.8. The smallest absolute Gasteiger partial charge is 0.373 e. The third-order valence-corrected chi connectivity index (χ3v) is 36.4. The van der Waals surface area contributed by atoms with Crippen LogP contribution in [0.3, 0.4) is 0 Å². The van der Waals surface area contributed by atoms with Crippen molar-refractivity contribution in [2.24, 2.45) is 16.2 Å². The molecule has 1 aliphatic heterocycles. The van der Waals surface area contributed by atoms with Crippen LogP contribution in [-0.2, 0) is 64.0 Å². The summed E-state index contributed by atoms with van der Waals surface area (Å²) in [4.78, 5) is 116. The van der Waals surface area contributed by atoms with Crippen molar-refractivity contribution in [1.82, 2.24) is 0 Å². The van der Waals surface area contributed by atoms with E-state index in [1.54, 1.807) is 34.6 Å². The van der Waals surface area contributed by atoms with Crippen molar-refractivity contribution in [3.05, 3.63) is 227 Å². The van der Waals surface area contributed by atoms with E-state index in [0.717, 1.165) is 181 Å². The van der Waals surface area contributed by atoms with Gasteiger partial charge >= 0.3 is 19.2 Å². The van der Waals surface area contributed by atoms with E-state index in [9.17, 15) is 72.2 Å². The first-order valence-electron chi connectivity index (χ1n) is 46.9. The lowest BCUT2D eigenvalue weighted by Gasteiger charge is -2.46. The second-order valence-corrected chi connectivity index (χ2v) is 49.7. The predicted molar refractivity (Wildman–Crippen MR) is 617 cm³/mol. The highest BCUT2D eigenvalue weighted by molar-refractivity contribution is 7.98. The number of phenolic OH excluding ortho intramolecular Hbond substituents is 2. The van der Waals surface area contributed by atoms with Gasteiger partial charge in [0.1, 0.15) is 41.9 Å². The summed E-state index contributed by atoms with van der Waals surface area (Å²) in [6, 6.07) is 0. The molecule has 9 rings (SSSR count). The predicted octanol–water partition coefficient (Wildman–Crippen LogP) is 28.3. The number of fused-ring (bicyclic) bond motifs is 2. The van der Waals surface area contributed by atoms with Gasteiger partial charge in [-0.25, -0.2) is 9.36 Å². The highest BCUT2D eigenvalue weighted by atomic mass is 32.1. The van der Waals surface area contributed by atoms with Crippen LogP contribution in [0.4, 0.5) is 0 Å². The molecule has 0 saturated carbocycles. The number of carbonyl (C=O) groups is 6. The third-order valence-electron chi connectivity index (χ3n) is 32.5. The molecule has 1 aliphatic rings. The Morgan fingerprint density at radius 3 is 1.04 bits per heavy atom. The summed E-state index contributed by atoms with van der Waals surface area (Å²) in [5.41, 5.74) is 34.8. The number of rotatable bonds is 18. The van der Waals surface area contributed by atoms with E-state index in [-0.39, 0.29) is 75.3 Å². The lowest BCUT2D eigenvalue weighted by molar-refractivity contribution is -0.206. The van der Waals surface area contributed by atoms with Gasteiger partial charge in [0.05, 0.1) is 11.0 Å². The van der Waals surface area contributed by atoms with Crippen LogP contribution in [0.5, 0.6) is 28.7 Å². The summed E-state index contributed by atoms with van der Waals surface area (Å²) in [7, 11) is -11.7. The second kappa shape index (κ2) is 48.9. The maximum Gasteiger partial charge on any atom is 0.373 e. The Morgan fingerprint density at radius 2 is 0.664 bits per heavy atom. The first-order chi connectivity index (χ1) is 63.2. The van der Waals surface area contributed by atoms with Crippen LogP contribution in [0.15, 0.2) is 20.4 Å². The molecule has 2 heterocycles. The lowest BCUT2D eigenvalue weighted by Crippen LogP contribution is -2.49. The molecule has 7 aromatic carbocycles. The molecular weight excluding hydrogens is 1990 g/mol. The Kier molecular flexibility index (Phi) is 45.9. The zero-order chi connectivity index (χ0) is 111. The number of hydrogen-bond donors (Lipinski definition) is 8. The van der Waals surface area contributed by atoms with Crippen molar-refractivity contribution < 1.29 is 90.1 Å². The van der Waals surface area contributed by atoms with Crippen molar-refractivity contribution in [3.63, 3.8) is 0 Å². The summed E-state index contributed by atoms with van der Waals surface area (Å²) in [6.07, 6.45) is 0. The van der Waals surface area contributed by atoms with E-state index in [1.165, 1.54) is 44.5 Å². The Hall–Kier alpha value is -6.77. The van der Waals surface area contributed by atoms with Crippen molar-refractivity contribution in [2.45, 2.75) is 354 Å². The van der Waals surface area contributed by atoms with Crippen LogP contribution in [0.25, 0.3) is 22.1 Å². The van der Waals surface area contributed by atoms with Gasteiger partial charge in [-0.1, -0.05) is 69.2 Å². The largest absolute Gasteiger partial charge is 0.779 e. The number of aromatic hydroxyl groups is 2. The zero-order valence-corrected chi connectivity index (χ0v) is 104. The molecule has 0 bridgehead atoms. The molecule has 143 heavy (non-hydrogen) atoms. The fourth-order valence-electron chi connectivity index (χ4n) is 18.1. The Morgan fingerprint density at radius 1 is 0.357 bits per heavy atom. The number of allylic oxidation sites excluding steroid dienone is 2. The zero-order valence-electron chi connectivity index (χ0n) is 94.9. The van der Waals surface area contributed by atoms with Crippen LogP contribution < -0.4 is 29.2 Å². The lowest BCUT2D eigenvalue weighted by atomic mass is 9.61. The molecule has 0 spiro atoms. The van der Waals surface area contributed by atoms with Gasteiger partial charge in [0, 0.05) is 103 Å². The molecule has 0 aliphatic carbocycles. The SMILES string of the molecule is C/C(C(=O)S)=C(/C)c1c(C)c(C)c(C)c(C)c1OP(C)(=O)O.C/C(C(=O)S)=C(\C)c1c(C)c(C)c(C)c(C)c1O.Cc1c(C)c(C)c(C(C)(C)C(C)(C)C(=O)S)c(O)c1C.Cc1c(C)c(C)c(C(C)(C)C(C)(C)C(=O)S)c(OP(C)(=O)[O-])c1C.Cc1c(C)c(C)c(C(C)(C)OP(C)(=O)[O-])c(C(=O)S)c1C.Cc1c(C)c(C)c2c(C)c(C)c(=O)oc2c1C.Cc1c(C)c(C)c2c(c1C)OC(=O)C(C)(C)C2(C)C.S.S. The van der Waals surface area contributed by atoms with Crippen molar-refractivity contribution in [1.29, 1.82) is 0 Å². The molecule has 3 atom stereocenters. The molecule has 796 valence electrons. The van der Waals surface area contributed by atoms with Gasteiger partial charge in [-0.2, -0.15) is 27.0 Å². The first-order valence-corrected chi connectivity index (χ1v) is 55.2. The fourth-order valence-corrected chi connectivity index (χ4v) is 21.3. The van der Waals surface area contributed by atoms with Crippen LogP contribution in [-0.4, -0.2) is 66.6 Å². The van der Waals surface area contributed by atoms with Crippen LogP contribution >= 0.6 is 113 Å². The second-order valence-electron chi connectivity index (χ2n) is 42.4. The van der Waals surface area contributed by atoms with Crippen molar-refractivity contribution >= 4 is 167 Å². The van der Waals surface area contributed by atoms with Crippen molar-refractivity contribution in [2.75, 3.05) is 20.0 Å². The molecule has 0 saturated heterocycles. The van der Waals surface area contributed by atoms with E-state index in [1.807, 2.05) is 235 Å². The van der Waals surface area contributed by atoms with Gasteiger partial charge in [-0.3, -0.25) is 33.3 Å². The topological polar surface area (TPSA) is 328 Å². The Labute approximate surface area is 896 Å². The van der Waals surface area contributed by atoms with Gasteiger partial charge < -0.3 is 52.2 Å². The average molecular weight is 2160 g/mol. The van der Waals surface area contributed by atoms with Gasteiger partial charge in [-0.05, 0) is 441 Å². The normalized spacial score (nSPS) is 14.4. The fraction of sp³-hybridized carbons (Fsp3) is 0.513. The molecule has 3 N–H and O–H groups in total. The maximum atomic E-state index is 12.3. The van der Waals surface area contributed by atoms with E-state index in [4.69, 9.17) is 22.7 Å². The minimum Gasteiger partial charge on any atom is -0.779 e. The molecule has 0 amide bonds. The third kappa shape index (κ3) is 27.7. The highest BCUT2D eigenvalue weighted by Gasteiger charge is 2.53. The van der Waals surface area contributed by atoms with E-state index in [0.29, 0.717) is 56.2 Å². The maximum absolute atomic E-state index is 12.3. The van der Waals surface area contributed by atoms with E-state index in [2.05, 4.69) is 125 Å². The first kappa shape index (κ1) is 134. The summed E-state index contributed by atoms with van der Waals surface area (Å²) in [6.45, 7) is 96.6. The number of ether oxygens (including phenoxy) is 1. The molecule has 3 unspecified atom stereocenters. The van der Waals surface area contributed by atoms with Gasteiger partial charge in [0.25, 0.3) is 0 Å². The van der Waals surface area contributed by atoms with Gasteiger partial charge in [-0.15, -0.1) is 63.1 Å². The molecule has 0 fully saturated rings. The van der Waals surface area contributed by atoms with Crippen LogP contribution in [0.1, 0.15) is 335 Å². The Balaban J connectivity index is 0.000000834. The molecule has 8 aromatic rings. The molecule has 30 heteroatoms. The minimum absolute atomic E-state index is 0. The van der Waals surface area contributed by atoms with Gasteiger partial charge in [0.2, 0.25) is 15.3 Å². The number of phenols is 2. The summed E-state index contributed by atoms with van der Waals surface area (Å²) < 4.78 is 62.3. The monoisotopic (exact) mass is 2160 g/mol. The van der Waals surface area contributed by atoms with E-state index < -0.39 is 55.5 Å². The quantitative estimate of drug-likeness (QED) is 0.00988. The number of benzene rings is 7. The molecule has 20 nitrogen and oxygen atoms in total. The molecular formula is C113H165O20P3S7-2. The van der Waals surface area contributed by atoms with Gasteiger partial charge in [0.15, 0.2) is 17.8 Å². The van der Waals surface area contributed by atoms with Crippen molar-refractivity contribution in [3.8, 4) is 28.7 Å². The van der Waals surface area contributed by atoms with Crippen LogP contribution in [0, 0.1) is 224 Å². The minimum atomic E-state index is -4.00. The number of hydrogen-bond acceptors (Lipinski definition) is 19. The Bertz CT molecular complexity index is 6650. The number of aryl methyl sites for hydroxylation is 3. The highest BCUT2D eigenvalue weighted by Crippen LogP contribution is 2.57. The summed E-state index contributed by atoms with van der Waals surface area (Å²) in [5.74, 6) is 1.93. The van der Waals surface area contributed by atoms with E-state index >= 15 is 0 Å². The average Bonchev–Trinajstić information content (AvgIpc) is 0.717. The number of carbonyl (C=O) groups excluding carboxylic acids is 6. The van der Waals surface area contributed by atoms with Crippen LogP contribution in [0.2, 0.25) is 0 Å². The summed E-state index contributed by atoms with van der Waals surface area (Å²) in [5, 5.41) is 20.6. The number of esters is 1. The molecule has 1 aromatic heterocycles. The molecule has 0 radical (unpaired) electrons. The number of thiol groups is 5.